The fourth-order valence-corrected chi connectivity index (χ4v) is 4.73. The van der Waals surface area contributed by atoms with Gasteiger partial charge in [-0.25, -0.2) is 0 Å². The Balaban J connectivity index is 1.73. The molecule has 0 spiro atoms. The van der Waals surface area contributed by atoms with Crippen LogP contribution in [0.4, 0.5) is 0 Å². The minimum atomic E-state index is -0.473. The van der Waals surface area contributed by atoms with Crippen LogP contribution < -0.4 is 10.1 Å². The van der Waals surface area contributed by atoms with E-state index in [9.17, 15) is 9.59 Å². The molecule has 1 atom stereocenters. The van der Waals surface area contributed by atoms with E-state index < -0.39 is 6.04 Å². The number of rotatable bonds is 11. The van der Waals surface area contributed by atoms with Crippen molar-refractivity contribution in [3.63, 3.8) is 0 Å². The first-order valence-electron chi connectivity index (χ1n) is 12.8. The van der Waals surface area contributed by atoms with Crippen LogP contribution in [-0.2, 0) is 29.0 Å². The van der Waals surface area contributed by atoms with E-state index in [1.54, 1.807) is 12.0 Å². The molecule has 2 amide bonds. The van der Waals surface area contributed by atoms with Crippen molar-refractivity contribution < 1.29 is 14.3 Å². The van der Waals surface area contributed by atoms with Gasteiger partial charge in [-0.2, -0.15) is 0 Å². The lowest BCUT2D eigenvalue weighted by Gasteiger charge is -2.33. The number of hydrogen-bond acceptors (Lipinski definition) is 3. The highest BCUT2D eigenvalue weighted by Gasteiger charge is 2.30. The molecule has 2 aromatic carbocycles. The van der Waals surface area contributed by atoms with Gasteiger partial charge in [-0.05, 0) is 60.9 Å². The Labute approximate surface area is 204 Å². The zero-order valence-corrected chi connectivity index (χ0v) is 21.0. The molecule has 0 saturated heterocycles. The lowest BCUT2D eigenvalue weighted by atomic mass is 9.95. The number of nitrogens with one attached hydrogen (secondary N) is 1. The highest BCUT2D eigenvalue weighted by Crippen LogP contribution is 2.20. The van der Waals surface area contributed by atoms with Crippen molar-refractivity contribution in [2.24, 2.45) is 0 Å². The maximum Gasteiger partial charge on any atom is 0.243 e. The molecule has 0 radical (unpaired) electrons. The molecule has 2 aromatic rings. The Bertz CT molecular complexity index is 902. The third-order valence-electron chi connectivity index (χ3n) is 6.91. The van der Waals surface area contributed by atoms with Crippen LogP contribution in [0, 0.1) is 0 Å². The van der Waals surface area contributed by atoms with Crippen LogP contribution in [-0.4, -0.2) is 35.9 Å². The van der Waals surface area contributed by atoms with Gasteiger partial charge in [0.2, 0.25) is 11.8 Å². The molecule has 1 N–H and O–H groups in total. The number of amides is 2. The van der Waals surface area contributed by atoms with Gasteiger partial charge in [0, 0.05) is 19.0 Å². The second kappa shape index (κ2) is 13.2. The van der Waals surface area contributed by atoms with Gasteiger partial charge in [0.15, 0.2) is 0 Å². The van der Waals surface area contributed by atoms with Gasteiger partial charge in [-0.3, -0.25) is 9.59 Å². The quantitative estimate of drug-likeness (QED) is 0.481. The summed E-state index contributed by atoms with van der Waals surface area (Å²) < 4.78 is 5.27. The molecule has 34 heavy (non-hydrogen) atoms. The molecule has 1 fully saturated rings. The lowest BCUT2D eigenvalue weighted by Crippen LogP contribution is -2.51. The number of hydrogen-bond donors (Lipinski definition) is 1. The average molecular weight is 465 g/mol. The number of nitrogens with zero attached hydrogens (tertiary/aromatic N) is 1. The SMILES string of the molecule is CCc1ccc(CCC(=O)N(Cc2ccc(OC)cc2)[C@H](CC)C(=O)NC2CCCCC2)cc1. The summed E-state index contributed by atoms with van der Waals surface area (Å²) >= 11 is 0. The number of benzene rings is 2. The maximum absolute atomic E-state index is 13.5. The Hall–Kier alpha value is -2.82. The topological polar surface area (TPSA) is 58.6 Å². The summed E-state index contributed by atoms with van der Waals surface area (Å²) in [6.07, 6.45) is 8.27. The van der Waals surface area contributed by atoms with Crippen molar-refractivity contribution in [1.82, 2.24) is 10.2 Å². The first-order valence-corrected chi connectivity index (χ1v) is 12.8. The monoisotopic (exact) mass is 464 g/mol. The van der Waals surface area contributed by atoms with Crippen LogP contribution in [0.25, 0.3) is 0 Å². The Morgan fingerprint density at radius 3 is 2.15 bits per heavy atom. The van der Waals surface area contributed by atoms with E-state index in [4.69, 9.17) is 4.74 Å². The largest absolute Gasteiger partial charge is 0.497 e. The molecule has 0 bridgehead atoms. The number of ether oxygens (including phenoxy) is 1. The number of carbonyl (C=O) groups excluding carboxylic acids is 2. The first-order chi connectivity index (χ1) is 16.5. The van der Waals surface area contributed by atoms with Crippen LogP contribution in [0.3, 0.4) is 0 Å². The smallest absolute Gasteiger partial charge is 0.243 e. The van der Waals surface area contributed by atoms with Crippen molar-refractivity contribution in [2.75, 3.05) is 7.11 Å². The summed E-state index contributed by atoms with van der Waals surface area (Å²) in [6.45, 7) is 4.54. The minimum absolute atomic E-state index is 0.0148. The Morgan fingerprint density at radius 1 is 0.941 bits per heavy atom. The highest BCUT2D eigenvalue weighted by atomic mass is 16.5. The van der Waals surface area contributed by atoms with E-state index in [-0.39, 0.29) is 17.9 Å². The van der Waals surface area contributed by atoms with Crippen LogP contribution >= 0.6 is 0 Å². The van der Waals surface area contributed by atoms with E-state index in [1.165, 1.54) is 12.0 Å². The second-order valence-corrected chi connectivity index (χ2v) is 9.31. The summed E-state index contributed by atoms with van der Waals surface area (Å²) in [5.41, 5.74) is 3.43. The zero-order chi connectivity index (χ0) is 24.3. The van der Waals surface area contributed by atoms with Crippen LogP contribution in [0.15, 0.2) is 48.5 Å². The Kier molecular flexibility index (Phi) is 9.99. The molecule has 0 unspecified atom stereocenters. The van der Waals surface area contributed by atoms with Crippen LogP contribution in [0.5, 0.6) is 5.75 Å². The first kappa shape index (κ1) is 25.8. The summed E-state index contributed by atoms with van der Waals surface area (Å²) in [6, 6.07) is 15.9. The molecular formula is C29H40N2O3. The van der Waals surface area contributed by atoms with Crippen LogP contribution in [0.1, 0.15) is 75.5 Å². The summed E-state index contributed by atoms with van der Waals surface area (Å²) in [4.78, 5) is 28.6. The predicted octanol–water partition coefficient (Wildman–Crippen LogP) is 5.45. The minimum Gasteiger partial charge on any atom is -0.497 e. The van der Waals surface area contributed by atoms with Crippen molar-refractivity contribution in [2.45, 2.75) is 90.3 Å². The molecule has 0 aliphatic heterocycles. The molecule has 5 heteroatoms. The molecule has 0 heterocycles. The van der Waals surface area contributed by atoms with Gasteiger partial charge < -0.3 is 15.0 Å². The molecule has 1 aliphatic carbocycles. The molecule has 1 saturated carbocycles. The third-order valence-corrected chi connectivity index (χ3v) is 6.91. The average Bonchev–Trinajstić information content (AvgIpc) is 2.88. The number of methoxy groups -OCH3 is 1. The highest BCUT2D eigenvalue weighted by molar-refractivity contribution is 5.88. The van der Waals surface area contributed by atoms with Crippen molar-refractivity contribution in [1.29, 1.82) is 0 Å². The Morgan fingerprint density at radius 2 is 1.56 bits per heavy atom. The molecule has 0 aromatic heterocycles. The summed E-state index contributed by atoms with van der Waals surface area (Å²) in [5.74, 6) is 0.767. The van der Waals surface area contributed by atoms with Crippen LogP contribution in [0.2, 0.25) is 0 Å². The molecule has 3 rings (SSSR count). The van der Waals surface area contributed by atoms with Gasteiger partial charge in [0.05, 0.1) is 7.11 Å². The van der Waals surface area contributed by atoms with E-state index >= 15 is 0 Å². The van der Waals surface area contributed by atoms with Crippen molar-refractivity contribution in [3.8, 4) is 5.75 Å². The summed E-state index contributed by atoms with van der Waals surface area (Å²) in [7, 11) is 1.64. The number of aryl methyl sites for hydroxylation is 2. The fraction of sp³-hybridized carbons (Fsp3) is 0.517. The fourth-order valence-electron chi connectivity index (χ4n) is 4.73. The molecule has 5 nitrogen and oxygen atoms in total. The second-order valence-electron chi connectivity index (χ2n) is 9.31. The van der Waals surface area contributed by atoms with Crippen molar-refractivity contribution >= 4 is 11.8 Å². The molecule has 184 valence electrons. The van der Waals surface area contributed by atoms with Gasteiger partial charge in [0.25, 0.3) is 0 Å². The maximum atomic E-state index is 13.5. The standard InChI is InChI=1S/C29H40N2O3/c1-4-22-11-13-23(14-12-22)17-20-28(32)31(21-24-15-18-26(34-3)19-16-24)27(5-2)29(33)30-25-9-7-6-8-10-25/h11-16,18-19,25,27H,4-10,17,20-21H2,1-3H3,(H,30,33)/t27-/m1/s1. The van der Waals surface area contributed by atoms with E-state index in [1.807, 2.05) is 31.2 Å². The van der Waals surface area contributed by atoms with E-state index in [0.717, 1.165) is 49.0 Å². The molecular weight excluding hydrogens is 424 g/mol. The summed E-state index contributed by atoms with van der Waals surface area (Å²) in [5, 5.41) is 3.24. The van der Waals surface area contributed by atoms with E-state index in [0.29, 0.717) is 25.8 Å². The van der Waals surface area contributed by atoms with Gasteiger partial charge in [-0.15, -0.1) is 0 Å². The number of carbonyl (C=O) groups is 2. The zero-order valence-electron chi connectivity index (χ0n) is 21.0. The third kappa shape index (κ3) is 7.34. The lowest BCUT2D eigenvalue weighted by molar-refractivity contribution is -0.141. The predicted molar refractivity (Wildman–Crippen MR) is 137 cm³/mol. The van der Waals surface area contributed by atoms with Gasteiger partial charge in [-0.1, -0.05) is 69.5 Å². The van der Waals surface area contributed by atoms with Gasteiger partial charge >= 0.3 is 0 Å². The molecule has 1 aliphatic rings. The van der Waals surface area contributed by atoms with Gasteiger partial charge in [0.1, 0.15) is 11.8 Å². The normalized spacial score (nSPS) is 14.9. The van der Waals surface area contributed by atoms with Crippen molar-refractivity contribution in [3.05, 3.63) is 65.2 Å². The van der Waals surface area contributed by atoms with E-state index in [2.05, 4.69) is 36.5 Å².